The first-order valence-corrected chi connectivity index (χ1v) is 8.46. The van der Waals surface area contributed by atoms with Crippen molar-refractivity contribution in [1.82, 2.24) is 4.90 Å². The van der Waals surface area contributed by atoms with Gasteiger partial charge >= 0.3 is 5.97 Å². The molecule has 1 atom stereocenters. The van der Waals surface area contributed by atoms with Gasteiger partial charge in [0.15, 0.2) is 0 Å². The highest BCUT2D eigenvalue weighted by molar-refractivity contribution is 5.90. The number of aliphatic hydroxyl groups excluding tert-OH is 1. The van der Waals surface area contributed by atoms with Crippen LogP contribution >= 0.6 is 0 Å². The standard InChI is InChI=1S/C20H23NO4/c1-14-2-4-15(5-3-14)16-10-17(12-18(11-16)20(23)24)19(22)13-21-6-8-25-9-7-21/h2-5,10-12,19,22H,6-9,13H2,1H3,(H,23,24). The van der Waals surface area contributed by atoms with Gasteiger partial charge < -0.3 is 14.9 Å². The minimum Gasteiger partial charge on any atom is -0.478 e. The van der Waals surface area contributed by atoms with Gasteiger partial charge in [-0.3, -0.25) is 4.90 Å². The van der Waals surface area contributed by atoms with E-state index >= 15 is 0 Å². The molecule has 5 nitrogen and oxygen atoms in total. The number of morpholine rings is 1. The van der Waals surface area contributed by atoms with E-state index in [2.05, 4.69) is 4.90 Å². The second-order valence-electron chi connectivity index (χ2n) is 6.44. The first kappa shape index (κ1) is 17.6. The summed E-state index contributed by atoms with van der Waals surface area (Å²) in [6, 6.07) is 13.0. The van der Waals surface area contributed by atoms with Crippen LogP contribution in [0.25, 0.3) is 11.1 Å². The van der Waals surface area contributed by atoms with E-state index in [4.69, 9.17) is 4.74 Å². The zero-order valence-corrected chi connectivity index (χ0v) is 14.3. The minimum atomic E-state index is -0.992. The summed E-state index contributed by atoms with van der Waals surface area (Å²) in [6.45, 7) is 5.36. The zero-order valence-electron chi connectivity index (χ0n) is 14.3. The fourth-order valence-electron chi connectivity index (χ4n) is 3.01. The smallest absolute Gasteiger partial charge is 0.335 e. The summed E-state index contributed by atoms with van der Waals surface area (Å²) in [7, 11) is 0. The summed E-state index contributed by atoms with van der Waals surface area (Å²) in [6.07, 6.45) is -0.735. The topological polar surface area (TPSA) is 70.0 Å². The number of β-amino-alcohol motifs (C(OH)–C–C–N with tert-alkyl or cyclic N) is 1. The molecule has 0 saturated carbocycles. The SMILES string of the molecule is Cc1ccc(-c2cc(C(=O)O)cc(C(O)CN3CCOCC3)c2)cc1. The highest BCUT2D eigenvalue weighted by Gasteiger charge is 2.18. The van der Waals surface area contributed by atoms with Crippen LogP contribution in [0.2, 0.25) is 0 Å². The predicted molar refractivity (Wildman–Crippen MR) is 95.8 cm³/mol. The van der Waals surface area contributed by atoms with Gasteiger partial charge in [-0.2, -0.15) is 0 Å². The Morgan fingerprint density at radius 2 is 1.80 bits per heavy atom. The van der Waals surface area contributed by atoms with Crippen molar-refractivity contribution in [2.45, 2.75) is 13.0 Å². The Morgan fingerprint density at radius 1 is 1.12 bits per heavy atom. The van der Waals surface area contributed by atoms with Crippen molar-refractivity contribution in [3.8, 4) is 11.1 Å². The molecule has 1 heterocycles. The summed E-state index contributed by atoms with van der Waals surface area (Å²) in [5.74, 6) is -0.992. The average Bonchev–Trinajstić information content (AvgIpc) is 2.62. The first-order chi connectivity index (χ1) is 12.0. The lowest BCUT2D eigenvalue weighted by atomic mass is 9.96. The van der Waals surface area contributed by atoms with Gasteiger partial charge in [-0.1, -0.05) is 29.8 Å². The number of carboxylic acid groups (broad SMARTS) is 1. The molecule has 25 heavy (non-hydrogen) atoms. The fraction of sp³-hybridized carbons (Fsp3) is 0.350. The number of benzene rings is 2. The third kappa shape index (κ3) is 4.45. The molecule has 1 unspecified atom stereocenters. The summed E-state index contributed by atoms with van der Waals surface area (Å²) in [5.41, 5.74) is 3.70. The zero-order chi connectivity index (χ0) is 17.8. The van der Waals surface area contributed by atoms with E-state index in [1.54, 1.807) is 12.1 Å². The van der Waals surface area contributed by atoms with E-state index in [0.29, 0.717) is 25.3 Å². The van der Waals surface area contributed by atoms with Crippen molar-refractivity contribution < 1.29 is 19.7 Å². The third-order valence-corrected chi connectivity index (χ3v) is 4.51. The highest BCUT2D eigenvalue weighted by atomic mass is 16.5. The molecular formula is C20H23NO4. The molecule has 0 radical (unpaired) electrons. The second-order valence-corrected chi connectivity index (χ2v) is 6.44. The van der Waals surface area contributed by atoms with E-state index in [1.165, 1.54) is 0 Å². The molecule has 132 valence electrons. The first-order valence-electron chi connectivity index (χ1n) is 8.46. The van der Waals surface area contributed by atoms with Crippen molar-refractivity contribution in [3.63, 3.8) is 0 Å². The molecule has 2 aromatic carbocycles. The van der Waals surface area contributed by atoms with Crippen LogP contribution in [-0.4, -0.2) is 53.9 Å². The number of rotatable bonds is 5. The Morgan fingerprint density at radius 3 is 2.44 bits per heavy atom. The number of aromatic carboxylic acids is 1. The molecular weight excluding hydrogens is 318 g/mol. The van der Waals surface area contributed by atoms with Crippen molar-refractivity contribution in [2.75, 3.05) is 32.8 Å². The van der Waals surface area contributed by atoms with Crippen LogP contribution in [0.5, 0.6) is 0 Å². The van der Waals surface area contributed by atoms with Crippen LogP contribution < -0.4 is 0 Å². The van der Waals surface area contributed by atoms with Gasteiger partial charge in [-0.25, -0.2) is 4.79 Å². The van der Waals surface area contributed by atoms with Gasteiger partial charge in [-0.05, 0) is 41.8 Å². The molecule has 1 fully saturated rings. The number of nitrogens with zero attached hydrogens (tertiary/aromatic N) is 1. The molecule has 0 spiro atoms. The average molecular weight is 341 g/mol. The number of hydrogen-bond acceptors (Lipinski definition) is 4. The lowest BCUT2D eigenvalue weighted by Gasteiger charge is -2.28. The maximum Gasteiger partial charge on any atom is 0.335 e. The highest BCUT2D eigenvalue weighted by Crippen LogP contribution is 2.26. The van der Waals surface area contributed by atoms with Crippen molar-refractivity contribution in [3.05, 3.63) is 59.2 Å². The van der Waals surface area contributed by atoms with Crippen molar-refractivity contribution >= 4 is 5.97 Å². The Bertz CT molecular complexity index is 736. The lowest BCUT2D eigenvalue weighted by Crippen LogP contribution is -2.38. The van der Waals surface area contributed by atoms with Gasteiger partial charge in [0.25, 0.3) is 0 Å². The molecule has 1 saturated heterocycles. The summed E-state index contributed by atoms with van der Waals surface area (Å²) in [5, 5.41) is 20.0. The number of aryl methyl sites for hydroxylation is 1. The molecule has 3 rings (SSSR count). The summed E-state index contributed by atoms with van der Waals surface area (Å²) >= 11 is 0. The number of ether oxygens (including phenoxy) is 1. The summed E-state index contributed by atoms with van der Waals surface area (Å²) in [4.78, 5) is 13.6. The Kier molecular flexibility index (Phi) is 5.48. The maximum absolute atomic E-state index is 11.5. The maximum atomic E-state index is 11.5. The summed E-state index contributed by atoms with van der Waals surface area (Å²) < 4.78 is 5.32. The van der Waals surface area contributed by atoms with Crippen LogP contribution in [0, 0.1) is 6.92 Å². The van der Waals surface area contributed by atoms with Crippen LogP contribution in [0.4, 0.5) is 0 Å². The Labute approximate surface area is 147 Å². The van der Waals surface area contributed by atoms with E-state index in [9.17, 15) is 15.0 Å². The predicted octanol–water partition coefficient (Wildman–Crippen LogP) is 2.73. The Hall–Kier alpha value is -2.21. The fourth-order valence-corrected chi connectivity index (χ4v) is 3.01. The van der Waals surface area contributed by atoms with Crippen molar-refractivity contribution in [1.29, 1.82) is 0 Å². The molecule has 1 aliphatic rings. The van der Waals surface area contributed by atoms with Gasteiger partial charge in [0.05, 0.1) is 24.9 Å². The quantitative estimate of drug-likeness (QED) is 0.875. The largest absolute Gasteiger partial charge is 0.478 e. The molecule has 2 aromatic rings. The molecule has 0 amide bonds. The van der Waals surface area contributed by atoms with E-state index in [0.717, 1.165) is 29.8 Å². The van der Waals surface area contributed by atoms with E-state index in [-0.39, 0.29) is 5.56 Å². The van der Waals surface area contributed by atoms with E-state index in [1.807, 2.05) is 37.3 Å². The second kappa shape index (κ2) is 7.78. The van der Waals surface area contributed by atoms with Gasteiger partial charge in [0.2, 0.25) is 0 Å². The van der Waals surface area contributed by atoms with E-state index < -0.39 is 12.1 Å². The van der Waals surface area contributed by atoms with Gasteiger partial charge in [0, 0.05) is 19.6 Å². The van der Waals surface area contributed by atoms with Crippen LogP contribution in [0.1, 0.15) is 27.6 Å². The molecule has 0 bridgehead atoms. The number of aliphatic hydroxyl groups is 1. The number of carbonyl (C=O) groups is 1. The number of carboxylic acids is 1. The third-order valence-electron chi connectivity index (χ3n) is 4.51. The molecule has 5 heteroatoms. The molecule has 2 N–H and O–H groups in total. The number of hydrogen-bond donors (Lipinski definition) is 2. The Balaban J connectivity index is 1.89. The lowest BCUT2D eigenvalue weighted by molar-refractivity contribution is 0.0143. The van der Waals surface area contributed by atoms with Gasteiger partial charge in [0.1, 0.15) is 0 Å². The monoisotopic (exact) mass is 341 g/mol. The molecule has 0 aromatic heterocycles. The van der Waals surface area contributed by atoms with Crippen LogP contribution in [0.3, 0.4) is 0 Å². The molecule has 0 aliphatic carbocycles. The molecule has 1 aliphatic heterocycles. The van der Waals surface area contributed by atoms with Crippen LogP contribution in [0.15, 0.2) is 42.5 Å². The van der Waals surface area contributed by atoms with Crippen molar-refractivity contribution in [2.24, 2.45) is 0 Å². The van der Waals surface area contributed by atoms with Gasteiger partial charge in [-0.15, -0.1) is 0 Å². The normalized spacial score (nSPS) is 16.6. The van der Waals surface area contributed by atoms with Crippen LogP contribution in [-0.2, 0) is 4.74 Å². The minimum absolute atomic E-state index is 0.189.